The Kier molecular flexibility index (Phi) is 7.33. The molecular formula is C22H20Cl2N2O3. The summed E-state index contributed by atoms with van der Waals surface area (Å²) < 4.78 is 5.12. The van der Waals surface area contributed by atoms with Crippen LogP contribution < -0.4 is 10.6 Å². The number of furan rings is 1. The molecule has 0 saturated carbocycles. The quantitative estimate of drug-likeness (QED) is 0.559. The zero-order valence-electron chi connectivity index (χ0n) is 15.5. The summed E-state index contributed by atoms with van der Waals surface area (Å²) in [5, 5.41) is 6.56. The molecule has 7 heteroatoms. The first kappa shape index (κ1) is 21.0. The van der Waals surface area contributed by atoms with Crippen LogP contribution in [0.2, 0.25) is 10.0 Å². The highest BCUT2D eigenvalue weighted by Gasteiger charge is 2.23. The highest BCUT2D eigenvalue weighted by molar-refractivity contribution is 6.42. The van der Waals surface area contributed by atoms with Crippen molar-refractivity contribution in [1.82, 2.24) is 10.6 Å². The SMILES string of the molecule is O=C(NC(Cc1ccccc1)C(=O)NCCc1cccc(Cl)c1Cl)c1ccco1. The number of nitrogens with one attached hydrogen (secondary N) is 2. The van der Waals surface area contributed by atoms with Gasteiger partial charge in [-0.2, -0.15) is 0 Å². The molecule has 0 spiro atoms. The number of carbonyl (C=O) groups is 2. The third-order valence-corrected chi connectivity index (χ3v) is 5.23. The molecule has 1 aromatic heterocycles. The molecule has 0 saturated heterocycles. The van der Waals surface area contributed by atoms with Crippen LogP contribution in [0, 0.1) is 0 Å². The Labute approximate surface area is 179 Å². The normalized spacial score (nSPS) is 11.7. The Balaban J connectivity index is 1.64. The van der Waals surface area contributed by atoms with Crippen LogP contribution in [-0.4, -0.2) is 24.4 Å². The van der Waals surface area contributed by atoms with Gasteiger partial charge in [0.1, 0.15) is 6.04 Å². The Morgan fingerprint density at radius 3 is 2.48 bits per heavy atom. The molecule has 1 heterocycles. The van der Waals surface area contributed by atoms with Gasteiger partial charge >= 0.3 is 0 Å². The molecular weight excluding hydrogens is 411 g/mol. The summed E-state index contributed by atoms with van der Waals surface area (Å²) in [7, 11) is 0. The van der Waals surface area contributed by atoms with Crippen LogP contribution in [0.5, 0.6) is 0 Å². The molecule has 2 amide bonds. The highest BCUT2D eigenvalue weighted by atomic mass is 35.5. The second-order valence-corrected chi connectivity index (χ2v) is 7.23. The average molecular weight is 431 g/mol. The van der Waals surface area contributed by atoms with Gasteiger partial charge < -0.3 is 15.1 Å². The van der Waals surface area contributed by atoms with Crippen LogP contribution in [0.4, 0.5) is 0 Å². The van der Waals surface area contributed by atoms with Crippen molar-refractivity contribution in [3.8, 4) is 0 Å². The van der Waals surface area contributed by atoms with Gasteiger partial charge in [0.2, 0.25) is 5.91 Å². The summed E-state index contributed by atoms with van der Waals surface area (Å²) in [4.78, 5) is 25.2. The molecule has 29 heavy (non-hydrogen) atoms. The van der Waals surface area contributed by atoms with Crippen LogP contribution in [0.3, 0.4) is 0 Å². The average Bonchev–Trinajstić information content (AvgIpc) is 3.26. The predicted octanol–water partition coefficient (Wildman–Crippen LogP) is 4.29. The molecule has 3 aromatic rings. The molecule has 0 radical (unpaired) electrons. The van der Waals surface area contributed by atoms with E-state index in [0.29, 0.717) is 29.4 Å². The standard InChI is InChI=1S/C22H20Cl2N2O3/c23-17-9-4-8-16(20(17)24)11-12-25-21(27)18(14-15-6-2-1-3-7-15)26-22(28)19-10-5-13-29-19/h1-10,13,18H,11-12,14H2,(H,25,27)(H,26,28). The second kappa shape index (κ2) is 10.1. The Hall–Kier alpha value is -2.76. The number of hydrogen-bond acceptors (Lipinski definition) is 3. The molecule has 2 aromatic carbocycles. The van der Waals surface area contributed by atoms with Crippen molar-refractivity contribution in [2.45, 2.75) is 18.9 Å². The Morgan fingerprint density at radius 2 is 1.76 bits per heavy atom. The van der Waals surface area contributed by atoms with Crippen molar-refractivity contribution in [1.29, 1.82) is 0 Å². The summed E-state index contributed by atoms with van der Waals surface area (Å²) in [5.74, 6) is -0.572. The van der Waals surface area contributed by atoms with Crippen molar-refractivity contribution in [3.63, 3.8) is 0 Å². The lowest BCUT2D eigenvalue weighted by atomic mass is 10.0. The monoisotopic (exact) mass is 430 g/mol. The van der Waals surface area contributed by atoms with Crippen LogP contribution >= 0.6 is 23.2 Å². The van der Waals surface area contributed by atoms with E-state index < -0.39 is 11.9 Å². The van der Waals surface area contributed by atoms with E-state index in [2.05, 4.69) is 10.6 Å². The van der Waals surface area contributed by atoms with Crippen LogP contribution in [0.25, 0.3) is 0 Å². The first-order valence-corrected chi connectivity index (χ1v) is 9.89. The summed E-state index contributed by atoms with van der Waals surface area (Å²) in [6, 6.07) is 17.3. The lowest BCUT2D eigenvalue weighted by Gasteiger charge is -2.18. The highest BCUT2D eigenvalue weighted by Crippen LogP contribution is 2.25. The van der Waals surface area contributed by atoms with Crippen LogP contribution in [0.1, 0.15) is 21.7 Å². The van der Waals surface area contributed by atoms with Gasteiger partial charge in [-0.1, -0.05) is 65.7 Å². The Morgan fingerprint density at radius 1 is 0.966 bits per heavy atom. The number of benzene rings is 2. The van der Waals surface area contributed by atoms with E-state index >= 15 is 0 Å². The smallest absolute Gasteiger partial charge is 0.287 e. The predicted molar refractivity (Wildman–Crippen MR) is 113 cm³/mol. The minimum atomic E-state index is -0.746. The third-order valence-electron chi connectivity index (χ3n) is 4.37. The lowest BCUT2D eigenvalue weighted by Crippen LogP contribution is -2.48. The first-order chi connectivity index (χ1) is 14.0. The molecule has 3 rings (SSSR count). The van der Waals surface area contributed by atoms with Crippen LogP contribution in [-0.2, 0) is 17.6 Å². The molecule has 5 nitrogen and oxygen atoms in total. The fraction of sp³-hybridized carbons (Fsp3) is 0.182. The van der Waals surface area contributed by atoms with E-state index in [1.54, 1.807) is 18.2 Å². The van der Waals surface area contributed by atoms with E-state index in [1.807, 2.05) is 42.5 Å². The molecule has 2 N–H and O–H groups in total. The van der Waals surface area contributed by atoms with Gasteiger partial charge in [-0.15, -0.1) is 0 Å². The molecule has 0 bridgehead atoms. The van der Waals surface area contributed by atoms with Gasteiger partial charge in [0, 0.05) is 13.0 Å². The van der Waals surface area contributed by atoms with Gasteiger partial charge in [-0.3, -0.25) is 9.59 Å². The number of carbonyl (C=O) groups excluding carboxylic acids is 2. The van der Waals surface area contributed by atoms with E-state index in [-0.39, 0.29) is 11.7 Å². The van der Waals surface area contributed by atoms with Gasteiger partial charge in [0.05, 0.1) is 16.3 Å². The third kappa shape index (κ3) is 5.86. The van der Waals surface area contributed by atoms with Gasteiger partial charge in [-0.05, 0) is 35.7 Å². The van der Waals surface area contributed by atoms with Crippen molar-refractivity contribution in [2.24, 2.45) is 0 Å². The summed E-state index contributed by atoms with van der Waals surface area (Å²) in [6.45, 7) is 0.362. The van der Waals surface area contributed by atoms with Gasteiger partial charge in [-0.25, -0.2) is 0 Å². The number of amides is 2. The fourth-order valence-corrected chi connectivity index (χ4v) is 3.30. The largest absolute Gasteiger partial charge is 0.459 e. The van der Waals surface area contributed by atoms with E-state index in [1.165, 1.54) is 6.26 Å². The van der Waals surface area contributed by atoms with Crippen molar-refractivity contribution >= 4 is 35.0 Å². The summed E-state index contributed by atoms with van der Waals surface area (Å²) in [6.07, 6.45) is 2.29. The first-order valence-electron chi connectivity index (χ1n) is 9.13. The molecule has 1 atom stereocenters. The number of halogens is 2. The molecule has 0 aliphatic heterocycles. The molecule has 1 unspecified atom stereocenters. The molecule has 0 aliphatic carbocycles. The summed E-state index contributed by atoms with van der Waals surface area (Å²) >= 11 is 12.2. The Bertz CT molecular complexity index is 959. The molecule has 150 valence electrons. The second-order valence-electron chi connectivity index (χ2n) is 6.45. The minimum absolute atomic E-state index is 0.154. The van der Waals surface area contributed by atoms with Crippen molar-refractivity contribution in [2.75, 3.05) is 6.54 Å². The van der Waals surface area contributed by atoms with Gasteiger partial charge in [0.25, 0.3) is 5.91 Å². The number of rotatable bonds is 8. The van der Waals surface area contributed by atoms with Gasteiger partial charge in [0.15, 0.2) is 5.76 Å². The fourth-order valence-electron chi connectivity index (χ4n) is 2.88. The molecule has 0 fully saturated rings. The maximum atomic E-state index is 12.8. The van der Waals surface area contributed by atoms with Crippen molar-refractivity contribution in [3.05, 3.63) is 93.9 Å². The van der Waals surface area contributed by atoms with Crippen molar-refractivity contribution < 1.29 is 14.0 Å². The topological polar surface area (TPSA) is 71.3 Å². The van der Waals surface area contributed by atoms with E-state index in [4.69, 9.17) is 27.6 Å². The zero-order valence-corrected chi connectivity index (χ0v) is 17.0. The maximum Gasteiger partial charge on any atom is 0.287 e. The van der Waals surface area contributed by atoms with E-state index in [0.717, 1.165) is 11.1 Å². The zero-order chi connectivity index (χ0) is 20.6. The maximum absolute atomic E-state index is 12.8. The lowest BCUT2D eigenvalue weighted by molar-refractivity contribution is -0.122. The molecule has 0 aliphatic rings. The van der Waals surface area contributed by atoms with E-state index in [9.17, 15) is 9.59 Å². The summed E-state index contributed by atoms with van der Waals surface area (Å²) in [5.41, 5.74) is 1.78. The number of hydrogen-bond donors (Lipinski definition) is 2. The van der Waals surface area contributed by atoms with Crippen LogP contribution in [0.15, 0.2) is 71.3 Å². The minimum Gasteiger partial charge on any atom is -0.459 e.